The summed E-state index contributed by atoms with van der Waals surface area (Å²) in [6.45, 7) is 8.79. The summed E-state index contributed by atoms with van der Waals surface area (Å²) in [4.78, 5) is 14.5. The third kappa shape index (κ3) is 3.34. The Hall–Kier alpha value is -0.610. The van der Waals surface area contributed by atoms with Gasteiger partial charge in [0, 0.05) is 0 Å². The first kappa shape index (κ1) is 15.8. The van der Waals surface area contributed by atoms with Crippen LogP contribution in [0.15, 0.2) is 0 Å². The molecule has 116 valence electrons. The van der Waals surface area contributed by atoms with Crippen molar-refractivity contribution in [2.24, 2.45) is 17.6 Å². The van der Waals surface area contributed by atoms with Gasteiger partial charge in [-0.1, -0.05) is 20.3 Å². The van der Waals surface area contributed by atoms with Crippen molar-refractivity contribution in [2.45, 2.75) is 57.9 Å². The van der Waals surface area contributed by atoms with E-state index in [4.69, 9.17) is 5.73 Å². The average Bonchev–Trinajstić information content (AvgIpc) is 2.83. The van der Waals surface area contributed by atoms with Crippen LogP contribution in [0.5, 0.6) is 0 Å². The summed E-state index contributed by atoms with van der Waals surface area (Å²) in [5, 5.41) is 3.41. The number of nitrogens with one attached hydrogen (secondary N) is 1. The molecule has 4 heteroatoms. The Morgan fingerprint density at radius 2 is 2.05 bits per heavy atom. The molecule has 0 bridgehead atoms. The van der Waals surface area contributed by atoms with Gasteiger partial charge in [-0.05, 0) is 70.1 Å². The van der Waals surface area contributed by atoms with Gasteiger partial charge < -0.3 is 16.0 Å². The van der Waals surface area contributed by atoms with E-state index < -0.39 is 5.54 Å². The van der Waals surface area contributed by atoms with Crippen molar-refractivity contribution >= 4 is 5.91 Å². The monoisotopic (exact) mass is 281 g/mol. The molecule has 0 aromatic heterocycles. The van der Waals surface area contributed by atoms with Crippen LogP contribution in [0.1, 0.15) is 52.4 Å². The average molecular weight is 281 g/mol. The molecule has 20 heavy (non-hydrogen) atoms. The summed E-state index contributed by atoms with van der Waals surface area (Å²) in [7, 11) is 0. The molecular formula is C16H31N3O. The van der Waals surface area contributed by atoms with Crippen LogP contribution in [-0.2, 0) is 4.79 Å². The molecule has 0 aromatic rings. The molecule has 2 atom stereocenters. The highest BCUT2D eigenvalue weighted by Gasteiger charge is 2.46. The summed E-state index contributed by atoms with van der Waals surface area (Å²) < 4.78 is 0. The summed E-state index contributed by atoms with van der Waals surface area (Å²) in [5.41, 5.74) is 5.29. The number of carbonyl (C=O) groups is 1. The fraction of sp³-hybridized carbons (Fsp3) is 0.938. The molecule has 1 aliphatic carbocycles. The van der Waals surface area contributed by atoms with E-state index in [0.717, 1.165) is 44.7 Å². The Kier molecular flexibility index (Phi) is 5.44. The standard InChI is InChI=1S/C16H31N3O/c1-3-18-16(15(17)20)9-4-5-14(16)8-12-19-10-6-13(2)7-11-19/h13-14,18H,3-12H2,1-2H3,(H2,17,20). The maximum absolute atomic E-state index is 12.0. The number of likely N-dealkylation sites (tertiary alicyclic amines) is 1. The molecule has 0 spiro atoms. The molecule has 1 saturated heterocycles. The van der Waals surface area contributed by atoms with Crippen LogP contribution < -0.4 is 11.1 Å². The number of hydrogen-bond donors (Lipinski definition) is 2. The summed E-state index contributed by atoms with van der Waals surface area (Å²) in [6, 6.07) is 0. The molecule has 2 fully saturated rings. The van der Waals surface area contributed by atoms with E-state index in [1.807, 2.05) is 0 Å². The first-order valence-corrected chi connectivity index (χ1v) is 8.35. The van der Waals surface area contributed by atoms with Crippen molar-refractivity contribution in [3.8, 4) is 0 Å². The first-order chi connectivity index (χ1) is 9.58. The van der Waals surface area contributed by atoms with E-state index in [-0.39, 0.29) is 5.91 Å². The lowest BCUT2D eigenvalue weighted by Gasteiger charge is -2.36. The van der Waals surface area contributed by atoms with Gasteiger partial charge in [-0.2, -0.15) is 0 Å². The lowest BCUT2D eigenvalue weighted by Crippen LogP contribution is -2.58. The van der Waals surface area contributed by atoms with Gasteiger partial charge in [0.25, 0.3) is 0 Å². The summed E-state index contributed by atoms with van der Waals surface area (Å²) >= 11 is 0. The normalized spacial score (nSPS) is 32.6. The molecule has 1 amide bonds. The summed E-state index contributed by atoms with van der Waals surface area (Å²) in [5.74, 6) is 1.15. The summed E-state index contributed by atoms with van der Waals surface area (Å²) in [6.07, 6.45) is 6.91. The van der Waals surface area contributed by atoms with Crippen molar-refractivity contribution in [2.75, 3.05) is 26.2 Å². The smallest absolute Gasteiger partial charge is 0.238 e. The van der Waals surface area contributed by atoms with E-state index in [1.54, 1.807) is 0 Å². The van der Waals surface area contributed by atoms with Gasteiger partial charge >= 0.3 is 0 Å². The van der Waals surface area contributed by atoms with Gasteiger partial charge in [-0.15, -0.1) is 0 Å². The van der Waals surface area contributed by atoms with Crippen LogP contribution >= 0.6 is 0 Å². The van der Waals surface area contributed by atoms with E-state index in [1.165, 1.54) is 25.9 Å². The first-order valence-electron chi connectivity index (χ1n) is 8.35. The van der Waals surface area contributed by atoms with Crippen molar-refractivity contribution < 1.29 is 4.79 Å². The number of piperidine rings is 1. The zero-order chi connectivity index (χ0) is 14.6. The van der Waals surface area contributed by atoms with Crippen LogP contribution in [-0.4, -0.2) is 42.5 Å². The van der Waals surface area contributed by atoms with Gasteiger partial charge in [0.15, 0.2) is 0 Å². The lowest BCUT2D eigenvalue weighted by atomic mass is 9.83. The fourth-order valence-electron chi connectivity index (χ4n) is 4.05. The topological polar surface area (TPSA) is 58.4 Å². The number of carbonyl (C=O) groups excluding carboxylic acids is 1. The highest BCUT2D eigenvalue weighted by molar-refractivity contribution is 5.85. The minimum absolute atomic E-state index is 0.144. The van der Waals surface area contributed by atoms with Gasteiger partial charge in [-0.3, -0.25) is 4.79 Å². The molecular weight excluding hydrogens is 250 g/mol. The van der Waals surface area contributed by atoms with Gasteiger partial charge in [0.2, 0.25) is 5.91 Å². The van der Waals surface area contributed by atoms with Gasteiger partial charge in [0.05, 0.1) is 0 Å². The second kappa shape index (κ2) is 6.90. The zero-order valence-electron chi connectivity index (χ0n) is 13.2. The maximum atomic E-state index is 12.0. The minimum atomic E-state index is -0.433. The van der Waals surface area contributed by atoms with Crippen molar-refractivity contribution in [3.05, 3.63) is 0 Å². The Labute approximate surface area is 123 Å². The fourth-order valence-corrected chi connectivity index (χ4v) is 4.05. The number of primary amides is 1. The number of amides is 1. The van der Waals surface area contributed by atoms with Crippen LogP contribution in [0.2, 0.25) is 0 Å². The number of nitrogens with zero attached hydrogens (tertiary/aromatic N) is 1. The van der Waals surface area contributed by atoms with E-state index in [0.29, 0.717) is 5.92 Å². The minimum Gasteiger partial charge on any atom is -0.368 e. The predicted molar refractivity (Wildman–Crippen MR) is 82.4 cm³/mol. The van der Waals surface area contributed by atoms with Crippen LogP contribution in [0.25, 0.3) is 0 Å². The SMILES string of the molecule is CCNC1(C(N)=O)CCCC1CCN1CCC(C)CC1. The lowest BCUT2D eigenvalue weighted by molar-refractivity contribution is -0.126. The third-order valence-corrected chi connectivity index (χ3v) is 5.42. The second-order valence-corrected chi connectivity index (χ2v) is 6.77. The third-order valence-electron chi connectivity index (χ3n) is 5.42. The predicted octanol–water partition coefficient (Wildman–Crippen LogP) is 1.74. The molecule has 0 aromatic carbocycles. The molecule has 2 unspecified atom stereocenters. The molecule has 0 radical (unpaired) electrons. The molecule has 1 saturated carbocycles. The quantitative estimate of drug-likeness (QED) is 0.780. The Balaban J connectivity index is 1.88. The second-order valence-electron chi connectivity index (χ2n) is 6.77. The van der Waals surface area contributed by atoms with E-state index >= 15 is 0 Å². The number of hydrogen-bond acceptors (Lipinski definition) is 3. The van der Waals surface area contributed by atoms with E-state index in [2.05, 4.69) is 24.1 Å². The van der Waals surface area contributed by atoms with Crippen molar-refractivity contribution in [1.82, 2.24) is 10.2 Å². The largest absolute Gasteiger partial charge is 0.368 e. The Morgan fingerprint density at radius 3 is 2.65 bits per heavy atom. The highest BCUT2D eigenvalue weighted by atomic mass is 16.1. The Morgan fingerprint density at radius 1 is 1.35 bits per heavy atom. The molecule has 3 N–H and O–H groups in total. The van der Waals surface area contributed by atoms with Crippen LogP contribution in [0.4, 0.5) is 0 Å². The molecule has 1 heterocycles. The highest BCUT2D eigenvalue weighted by Crippen LogP contribution is 2.38. The van der Waals surface area contributed by atoms with Crippen molar-refractivity contribution in [3.63, 3.8) is 0 Å². The van der Waals surface area contributed by atoms with E-state index in [9.17, 15) is 4.79 Å². The number of nitrogens with two attached hydrogens (primary N) is 1. The van der Waals surface area contributed by atoms with Crippen LogP contribution in [0, 0.1) is 11.8 Å². The van der Waals surface area contributed by atoms with Crippen molar-refractivity contribution in [1.29, 1.82) is 0 Å². The molecule has 4 nitrogen and oxygen atoms in total. The van der Waals surface area contributed by atoms with Gasteiger partial charge in [0.1, 0.15) is 5.54 Å². The number of likely N-dealkylation sites (N-methyl/N-ethyl adjacent to an activating group) is 1. The van der Waals surface area contributed by atoms with Crippen LogP contribution in [0.3, 0.4) is 0 Å². The zero-order valence-corrected chi connectivity index (χ0v) is 13.2. The molecule has 1 aliphatic heterocycles. The molecule has 2 aliphatic rings. The van der Waals surface area contributed by atoms with Gasteiger partial charge in [-0.25, -0.2) is 0 Å². The Bertz CT molecular complexity index is 326. The molecule has 2 rings (SSSR count). The number of rotatable bonds is 6. The maximum Gasteiger partial charge on any atom is 0.238 e.